The van der Waals surface area contributed by atoms with E-state index in [4.69, 9.17) is 8.37 Å². The van der Waals surface area contributed by atoms with Crippen LogP contribution in [-0.4, -0.2) is 33.3 Å². The molecule has 0 spiro atoms. The molecule has 1 rings (SSSR count). The summed E-state index contributed by atoms with van der Waals surface area (Å²) < 4.78 is 57.5. The van der Waals surface area contributed by atoms with Crippen LogP contribution in [-0.2, 0) is 20.2 Å². The van der Waals surface area contributed by atoms with Gasteiger partial charge in [-0.2, -0.15) is 16.8 Å². The van der Waals surface area contributed by atoms with Gasteiger partial charge in [0.2, 0.25) is 0 Å². The van der Waals surface area contributed by atoms with Gasteiger partial charge in [0.15, 0.2) is 5.75 Å². The zero-order valence-corrected chi connectivity index (χ0v) is 15.6. The number of rotatable bonds is 11. The van der Waals surface area contributed by atoms with Crippen LogP contribution in [0, 0.1) is 10.1 Å². The van der Waals surface area contributed by atoms with Gasteiger partial charge in [0.25, 0.3) is 5.75 Å². The van der Waals surface area contributed by atoms with Crippen LogP contribution >= 0.6 is 0 Å². The van der Waals surface area contributed by atoms with Crippen molar-refractivity contribution in [2.45, 2.75) is 39.5 Å². The first kappa shape index (κ1) is 21.2. The monoisotopic (exact) mass is 395 g/mol. The van der Waals surface area contributed by atoms with Gasteiger partial charge >= 0.3 is 25.9 Å². The molecule has 142 valence electrons. The summed E-state index contributed by atoms with van der Waals surface area (Å²) in [7, 11) is -8.16. The molecule has 0 fully saturated rings. The molecule has 0 aliphatic heterocycles. The molecule has 0 amide bonds. The molecule has 0 bridgehead atoms. The Hall–Kier alpha value is -1.88. The summed E-state index contributed by atoms with van der Waals surface area (Å²) >= 11 is 0. The van der Waals surface area contributed by atoms with Crippen molar-refractivity contribution in [3.05, 3.63) is 28.3 Å². The molecule has 9 nitrogen and oxygen atoms in total. The maximum absolute atomic E-state index is 12.0. The molecule has 0 radical (unpaired) electrons. The summed E-state index contributed by atoms with van der Waals surface area (Å²) in [4.78, 5) is 10.3. The van der Waals surface area contributed by atoms with E-state index < -0.39 is 42.3 Å². The van der Waals surface area contributed by atoms with Crippen LogP contribution in [0.1, 0.15) is 39.5 Å². The minimum Gasteiger partial charge on any atom is -0.378 e. The first-order valence-electron chi connectivity index (χ1n) is 7.73. The third-order valence-corrected chi connectivity index (χ3v) is 5.51. The van der Waals surface area contributed by atoms with E-state index in [-0.39, 0.29) is 11.5 Å². The molecular weight excluding hydrogens is 374 g/mol. The normalized spacial score (nSPS) is 11.9. The van der Waals surface area contributed by atoms with Gasteiger partial charge in [-0.1, -0.05) is 32.8 Å². The third kappa shape index (κ3) is 6.86. The minimum absolute atomic E-state index is 0.297. The maximum atomic E-state index is 12.0. The fourth-order valence-electron chi connectivity index (χ4n) is 1.79. The number of nitro benzene ring substituents is 1. The highest BCUT2D eigenvalue weighted by Gasteiger charge is 2.28. The highest BCUT2D eigenvalue weighted by molar-refractivity contribution is 7.87. The Balaban J connectivity index is 3.26. The van der Waals surface area contributed by atoms with Gasteiger partial charge in [0, 0.05) is 6.07 Å². The Labute approximate surface area is 147 Å². The van der Waals surface area contributed by atoms with Gasteiger partial charge in [-0.05, 0) is 18.9 Å². The second-order valence-electron chi connectivity index (χ2n) is 5.26. The summed E-state index contributed by atoms with van der Waals surface area (Å²) in [5.74, 6) is -1.90. The average Bonchev–Trinajstić information content (AvgIpc) is 2.52. The second-order valence-corrected chi connectivity index (χ2v) is 8.64. The van der Waals surface area contributed by atoms with E-state index in [0.717, 1.165) is 12.1 Å². The second kappa shape index (κ2) is 8.99. The van der Waals surface area contributed by atoms with Crippen LogP contribution in [0.3, 0.4) is 0 Å². The van der Waals surface area contributed by atoms with E-state index in [0.29, 0.717) is 25.7 Å². The molecule has 11 heteroatoms. The van der Waals surface area contributed by atoms with E-state index in [2.05, 4.69) is 0 Å². The van der Waals surface area contributed by atoms with Crippen molar-refractivity contribution in [1.82, 2.24) is 0 Å². The molecule has 0 atom stereocenters. The lowest BCUT2D eigenvalue weighted by Gasteiger charge is -2.12. The van der Waals surface area contributed by atoms with E-state index in [1.807, 2.05) is 0 Å². The van der Waals surface area contributed by atoms with Crippen molar-refractivity contribution >= 4 is 25.9 Å². The molecule has 0 aliphatic rings. The van der Waals surface area contributed by atoms with Gasteiger partial charge < -0.3 is 8.37 Å². The number of hydrogen-bond acceptors (Lipinski definition) is 8. The number of para-hydroxylation sites is 1. The number of benzene rings is 1. The molecule has 0 unspecified atom stereocenters. The molecule has 1 aromatic carbocycles. The van der Waals surface area contributed by atoms with Crippen molar-refractivity contribution in [2.75, 3.05) is 11.5 Å². The molecule has 0 saturated heterocycles. The summed E-state index contributed by atoms with van der Waals surface area (Å²) in [5, 5.41) is 11.1. The van der Waals surface area contributed by atoms with Crippen LogP contribution in [0.5, 0.6) is 11.5 Å². The van der Waals surface area contributed by atoms with Gasteiger partial charge in [0.1, 0.15) is 0 Å². The van der Waals surface area contributed by atoms with E-state index >= 15 is 0 Å². The Morgan fingerprint density at radius 2 is 1.48 bits per heavy atom. The lowest BCUT2D eigenvalue weighted by molar-refractivity contribution is -0.385. The zero-order chi connectivity index (χ0) is 19.1. The van der Waals surface area contributed by atoms with E-state index in [1.165, 1.54) is 6.07 Å². The van der Waals surface area contributed by atoms with Crippen molar-refractivity contribution in [2.24, 2.45) is 0 Å². The average molecular weight is 395 g/mol. The maximum Gasteiger partial charge on any atom is 0.316 e. The summed E-state index contributed by atoms with van der Waals surface area (Å²) in [6.45, 7) is 3.56. The van der Waals surface area contributed by atoms with Gasteiger partial charge in [-0.15, -0.1) is 0 Å². The molecule has 0 aromatic heterocycles. The Bertz CT molecular complexity index is 802. The molecule has 0 saturated carbocycles. The Kier molecular flexibility index (Phi) is 7.61. The van der Waals surface area contributed by atoms with Crippen LogP contribution in [0.15, 0.2) is 18.2 Å². The molecule has 25 heavy (non-hydrogen) atoms. The summed E-state index contributed by atoms with van der Waals surface area (Å²) in [6.07, 6.45) is 1.82. The molecular formula is C14H21NO8S2. The first-order valence-corrected chi connectivity index (χ1v) is 10.9. The largest absolute Gasteiger partial charge is 0.378 e. The number of nitrogens with zero attached hydrogens (tertiary/aromatic N) is 1. The van der Waals surface area contributed by atoms with Gasteiger partial charge in [-0.3, -0.25) is 10.1 Å². The highest BCUT2D eigenvalue weighted by atomic mass is 32.2. The topological polar surface area (TPSA) is 130 Å². The van der Waals surface area contributed by atoms with E-state index in [1.54, 1.807) is 13.8 Å². The fourth-order valence-corrected chi connectivity index (χ4v) is 4.06. The quantitative estimate of drug-likeness (QED) is 0.317. The molecule has 0 heterocycles. The summed E-state index contributed by atoms with van der Waals surface area (Å²) in [6, 6.07) is 3.31. The van der Waals surface area contributed by atoms with Crippen LogP contribution in [0.4, 0.5) is 5.69 Å². The number of unbranched alkanes of at least 4 members (excludes halogenated alkanes) is 2. The van der Waals surface area contributed by atoms with Crippen molar-refractivity contribution in [3.63, 3.8) is 0 Å². The minimum atomic E-state index is -4.13. The van der Waals surface area contributed by atoms with Crippen LogP contribution in [0.2, 0.25) is 0 Å². The first-order chi connectivity index (χ1) is 11.6. The number of nitro groups is 1. The van der Waals surface area contributed by atoms with Crippen molar-refractivity contribution in [3.8, 4) is 11.5 Å². The molecule has 0 N–H and O–H groups in total. The van der Waals surface area contributed by atoms with Crippen LogP contribution < -0.4 is 8.37 Å². The molecule has 1 aromatic rings. The lowest BCUT2D eigenvalue weighted by atomic mass is 10.3. The fraction of sp³-hybridized carbons (Fsp3) is 0.571. The predicted octanol–water partition coefficient (Wildman–Crippen LogP) is 2.61. The highest BCUT2D eigenvalue weighted by Crippen LogP contribution is 2.38. The molecule has 0 aliphatic carbocycles. The van der Waals surface area contributed by atoms with Crippen LogP contribution in [0.25, 0.3) is 0 Å². The van der Waals surface area contributed by atoms with Gasteiger partial charge in [-0.25, -0.2) is 0 Å². The van der Waals surface area contributed by atoms with Crippen molar-refractivity contribution in [1.29, 1.82) is 0 Å². The SMILES string of the molecule is CCCCS(=O)(=O)Oc1cccc([N+](=O)[O-])c1OS(=O)(=O)CCCC. The summed E-state index contributed by atoms with van der Waals surface area (Å²) in [5.41, 5.74) is -0.691. The van der Waals surface area contributed by atoms with E-state index in [9.17, 15) is 26.9 Å². The smallest absolute Gasteiger partial charge is 0.316 e. The standard InChI is InChI=1S/C14H21NO8S2/c1-3-5-10-24(18,19)22-13-9-7-8-12(15(16)17)14(13)23-25(20,21)11-6-4-2/h7-9H,3-6,10-11H2,1-2H3. The van der Waals surface area contributed by atoms with Gasteiger partial charge in [0.05, 0.1) is 16.4 Å². The third-order valence-electron chi connectivity index (χ3n) is 3.08. The number of hydrogen-bond donors (Lipinski definition) is 0. The Morgan fingerprint density at radius 1 is 0.960 bits per heavy atom. The lowest BCUT2D eigenvalue weighted by Crippen LogP contribution is -2.18. The zero-order valence-electron chi connectivity index (χ0n) is 14.0. The Morgan fingerprint density at radius 3 is 1.96 bits per heavy atom. The predicted molar refractivity (Wildman–Crippen MR) is 91.7 cm³/mol. The van der Waals surface area contributed by atoms with Crippen molar-refractivity contribution < 1.29 is 30.1 Å².